The Kier molecular flexibility index (Phi) is 2.32. The van der Waals surface area contributed by atoms with Gasteiger partial charge in [-0.05, 0) is 24.5 Å². The summed E-state index contributed by atoms with van der Waals surface area (Å²) in [5.74, 6) is -0.112. The van der Waals surface area contributed by atoms with E-state index in [1.165, 1.54) is 6.20 Å². The van der Waals surface area contributed by atoms with Crippen LogP contribution in [0.25, 0.3) is 0 Å². The van der Waals surface area contributed by atoms with Crippen LogP contribution >= 0.6 is 11.8 Å². The Morgan fingerprint density at radius 2 is 2.29 bits per heavy atom. The van der Waals surface area contributed by atoms with Crippen molar-refractivity contribution in [3.8, 4) is 5.75 Å². The van der Waals surface area contributed by atoms with Gasteiger partial charge in [0.05, 0.1) is 6.20 Å². The first kappa shape index (κ1) is 10.6. The molecular formula is C11H10N2O3S. The van der Waals surface area contributed by atoms with Crippen molar-refractivity contribution in [1.82, 2.24) is 10.3 Å². The van der Waals surface area contributed by atoms with Crippen molar-refractivity contribution in [3.05, 3.63) is 23.5 Å². The number of thioether (sulfide) groups is 1. The fraction of sp³-hybridized carbons (Fsp3) is 0.364. The Hall–Kier alpha value is -1.56. The minimum atomic E-state index is -0.374. The lowest BCUT2D eigenvalue weighted by Crippen LogP contribution is -2.28. The molecule has 2 heterocycles. The van der Waals surface area contributed by atoms with Gasteiger partial charge >= 0.3 is 0 Å². The van der Waals surface area contributed by atoms with Crippen molar-refractivity contribution in [1.29, 1.82) is 0 Å². The van der Waals surface area contributed by atoms with E-state index >= 15 is 0 Å². The van der Waals surface area contributed by atoms with Crippen LogP contribution in [0.3, 0.4) is 0 Å². The quantitative estimate of drug-likeness (QED) is 0.782. The second kappa shape index (κ2) is 3.73. The molecule has 88 valence electrons. The molecule has 17 heavy (non-hydrogen) atoms. The topological polar surface area (TPSA) is 79.3 Å². The number of pyridine rings is 1. The molecule has 0 radical (unpaired) electrons. The summed E-state index contributed by atoms with van der Waals surface area (Å²) in [4.78, 5) is 27.0. The smallest absolute Gasteiger partial charge is 0.286 e. The molecule has 2 amide bonds. The average molecular weight is 250 g/mol. The number of carbonyl (C=O) groups is 2. The van der Waals surface area contributed by atoms with E-state index in [-0.39, 0.29) is 28.1 Å². The summed E-state index contributed by atoms with van der Waals surface area (Å²) in [6.07, 6.45) is 2.97. The van der Waals surface area contributed by atoms with Crippen LogP contribution in [0, 0.1) is 0 Å². The number of rotatable bonds is 1. The molecule has 1 aliphatic heterocycles. The van der Waals surface area contributed by atoms with Crippen LogP contribution in [0.15, 0.2) is 12.3 Å². The van der Waals surface area contributed by atoms with Crippen molar-refractivity contribution >= 4 is 22.9 Å². The summed E-state index contributed by atoms with van der Waals surface area (Å²) in [6, 6.07) is 1.68. The van der Waals surface area contributed by atoms with Gasteiger partial charge in [-0.25, -0.2) is 0 Å². The Balaban J connectivity index is 1.93. The molecule has 1 aromatic heterocycles. The van der Waals surface area contributed by atoms with Crippen molar-refractivity contribution < 1.29 is 14.7 Å². The summed E-state index contributed by atoms with van der Waals surface area (Å²) in [5, 5.41) is 11.0. The van der Waals surface area contributed by atoms with Gasteiger partial charge in [0.15, 0.2) is 0 Å². The third-order valence-electron chi connectivity index (χ3n) is 3.15. The zero-order valence-electron chi connectivity index (χ0n) is 8.84. The van der Waals surface area contributed by atoms with Gasteiger partial charge in [0.25, 0.3) is 5.24 Å². The second-order valence-corrected chi connectivity index (χ2v) is 5.31. The normalized spacial score (nSPS) is 27.1. The lowest BCUT2D eigenvalue weighted by atomic mass is 10.0. The molecule has 1 aliphatic carbocycles. The number of nitrogens with one attached hydrogen (secondary N) is 1. The monoisotopic (exact) mass is 250 g/mol. The maximum atomic E-state index is 11.6. The minimum absolute atomic E-state index is 0.0259. The molecule has 3 rings (SSSR count). The Bertz CT molecular complexity index is 517. The largest absolute Gasteiger partial charge is 0.506 e. The summed E-state index contributed by atoms with van der Waals surface area (Å²) < 4.78 is 0. The van der Waals surface area contributed by atoms with Gasteiger partial charge in [-0.3, -0.25) is 19.9 Å². The van der Waals surface area contributed by atoms with Gasteiger partial charge in [-0.15, -0.1) is 0 Å². The summed E-state index contributed by atoms with van der Waals surface area (Å²) >= 11 is 1.04. The fourth-order valence-corrected chi connectivity index (χ4v) is 3.41. The number of hydrogen-bond acceptors (Lipinski definition) is 5. The van der Waals surface area contributed by atoms with Gasteiger partial charge in [-0.1, -0.05) is 11.8 Å². The van der Waals surface area contributed by atoms with Gasteiger partial charge in [-0.2, -0.15) is 0 Å². The van der Waals surface area contributed by atoms with Crippen molar-refractivity contribution in [2.45, 2.75) is 24.0 Å². The Morgan fingerprint density at radius 1 is 1.47 bits per heavy atom. The summed E-state index contributed by atoms with van der Waals surface area (Å²) in [7, 11) is 0. The van der Waals surface area contributed by atoms with Crippen LogP contribution < -0.4 is 5.32 Å². The number of nitrogens with zero attached hydrogens (tertiary/aromatic N) is 1. The zero-order chi connectivity index (χ0) is 12.0. The summed E-state index contributed by atoms with van der Waals surface area (Å²) in [6.45, 7) is 0. The molecule has 1 saturated heterocycles. The lowest BCUT2D eigenvalue weighted by molar-refractivity contribution is -0.119. The van der Waals surface area contributed by atoms with E-state index in [1.807, 2.05) is 0 Å². The maximum absolute atomic E-state index is 11.6. The predicted octanol–water partition coefficient (Wildman–Crippen LogP) is 1.17. The fourth-order valence-electron chi connectivity index (χ4n) is 2.42. The Labute approximate surface area is 102 Å². The highest BCUT2D eigenvalue weighted by Gasteiger charge is 2.42. The predicted molar refractivity (Wildman–Crippen MR) is 61.9 cm³/mol. The number of imide groups is 1. The molecule has 2 atom stereocenters. The van der Waals surface area contributed by atoms with E-state index in [0.29, 0.717) is 0 Å². The van der Waals surface area contributed by atoms with Crippen LogP contribution in [0.1, 0.15) is 23.6 Å². The molecule has 6 heteroatoms. The molecule has 1 fully saturated rings. The third-order valence-corrected chi connectivity index (χ3v) is 4.26. The zero-order valence-corrected chi connectivity index (χ0v) is 9.66. The standard InChI is InChI=1S/C11H10N2O3S/c14-6-3-5-1-2-7(8(5)12-4-6)9-10(15)13-11(16)17-9/h3-4,7,9,14H,1-2H2,(H,13,15,16)/t7-,9?/m1/s1. The molecule has 0 spiro atoms. The van der Waals surface area contributed by atoms with Crippen LogP contribution in [0.4, 0.5) is 4.79 Å². The van der Waals surface area contributed by atoms with E-state index < -0.39 is 0 Å². The molecular weight excluding hydrogens is 240 g/mol. The van der Waals surface area contributed by atoms with Crippen molar-refractivity contribution in [2.75, 3.05) is 0 Å². The van der Waals surface area contributed by atoms with Gasteiger partial charge in [0.1, 0.15) is 11.0 Å². The number of aromatic hydroxyl groups is 1. The van der Waals surface area contributed by atoms with Crippen LogP contribution in [-0.2, 0) is 11.2 Å². The highest BCUT2D eigenvalue weighted by molar-refractivity contribution is 8.15. The number of aromatic nitrogens is 1. The number of aryl methyl sites for hydroxylation is 1. The molecule has 2 aliphatic rings. The lowest BCUT2D eigenvalue weighted by Gasteiger charge is -2.14. The second-order valence-electron chi connectivity index (χ2n) is 4.20. The van der Waals surface area contributed by atoms with Crippen molar-refractivity contribution in [2.24, 2.45) is 0 Å². The first-order chi connectivity index (χ1) is 8.15. The van der Waals surface area contributed by atoms with E-state index in [2.05, 4.69) is 10.3 Å². The molecule has 2 N–H and O–H groups in total. The van der Waals surface area contributed by atoms with Crippen LogP contribution in [-0.4, -0.2) is 26.5 Å². The highest BCUT2D eigenvalue weighted by atomic mass is 32.2. The van der Waals surface area contributed by atoms with Gasteiger partial charge < -0.3 is 5.11 Å². The number of hydrogen-bond donors (Lipinski definition) is 2. The summed E-state index contributed by atoms with van der Waals surface area (Å²) in [5.41, 5.74) is 1.81. The number of amides is 2. The SMILES string of the molecule is O=C1NC(=O)C([C@@H]2CCc3cc(O)cnc32)S1. The van der Waals surface area contributed by atoms with E-state index in [1.54, 1.807) is 6.07 Å². The molecule has 1 aromatic rings. The molecule has 5 nitrogen and oxygen atoms in total. The minimum Gasteiger partial charge on any atom is -0.506 e. The number of carbonyl (C=O) groups excluding carboxylic acids is 2. The maximum Gasteiger partial charge on any atom is 0.286 e. The molecule has 0 aromatic carbocycles. The highest BCUT2D eigenvalue weighted by Crippen LogP contribution is 2.41. The van der Waals surface area contributed by atoms with Crippen molar-refractivity contribution in [3.63, 3.8) is 0 Å². The van der Waals surface area contributed by atoms with Gasteiger partial charge in [0, 0.05) is 11.6 Å². The average Bonchev–Trinajstić information content (AvgIpc) is 2.81. The van der Waals surface area contributed by atoms with Crippen LogP contribution in [0.2, 0.25) is 0 Å². The van der Waals surface area contributed by atoms with E-state index in [0.717, 1.165) is 35.9 Å². The Morgan fingerprint density at radius 3 is 3.00 bits per heavy atom. The van der Waals surface area contributed by atoms with E-state index in [9.17, 15) is 14.7 Å². The third kappa shape index (κ3) is 1.68. The molecule has 0 saturated carbocycles. The molecule has 1 unspecified atom stereocenters. The first-order valence-corrected chi connectivity index (χ1v) is 6.22. The first-order valence-electron chi connectivity index (χ1n) is 5.34. The number of fused-ring (bicyclic) bond motifs is 1. The van der Waals surface area contributed by atoms with E-state index in [4.69, 9.17) is 0 Å². The van der Waals surface area contributed by atoms with Gasteiger partial charge in [0.2, 0.25) is 5.91 Å². The molecule has 0 bridgehead atoms. The van der Waals surface area contributed by atoms with Crippen LogP contribution in [0.5, 0.6) is 5.75 Å².